The Kier molecular flexibility index (Phi) is 8.72. The van der Waals surface area contributed by atoms with Crippen molar-refractivity contribution in [2.45, 2.75) is 58.4 Å². The molecule has 0 atom stereocenters. The Morgan fingerprint density at radius 1 is 1.00 bits per heavy atom. The zero-order chi connectivity index (χ0) is 22.8. The summed E-state index contributed by atoms with van der Waals surface area (Å²) in [5.41, 5.74) is 2.90. The smallest absolute Gasteiger partial charge is 0.335 e. The van der Waals surface area contributed by atoms with E-state index in [0.29, 0.717) is 12.3 Å². The molecule has 0 spiro atoms. The van der Waals surface area contributed by atoms with Gasteiger partial charge >= 0.3 is 5.97 Å². The van der Waals surface area contributed by atoms with Gasteiger partial charge < -0.3 is 19.6 Å². The molecule has 6 nitrogen and oxygen atoms in total. The summed E-state index contributed by atoms with van der Waals surface area (Å²) >= 11 is 0. The van der Waals surface area contributed by atoms with Gasteiger partial charge in [-0.25, -0.2) is 4.79 Å². The van der Waals surface area contributed by atoms with Crippen molar-refractivity contribution in [2.24, 2.45) is 5.16 Å². The van der Waals surface area contributed by atoms with Crippen molar-refractivity contribution in [3.05, 3.63) is 65.9 Å². The van der Waals surface area contributed by atoms with E-state index < -0.39 is 5.97 Å². The summed E-state index contributed by atoms with van der Waals surface area (Å²) in [4.78, 5) is 11.1. The fraction of sp³-hybridized carbons (Fsp3) is 0.385. The molecule has 1 heterocycles. The van der Waals surface area contributed by atoms with Gasteiger partial charge in [0.1, 0.15) is 18.1 Å². The number of nitrogens with zero attached hydrogens (tertiary/aromatic N) is 2. The summed E-state index contributed by atoms with van der Waals surface area (Å²) in [6.07, 6.45) is 10.7. The molecule has 0 aliphatic heterocycles. The van der Waals surface area contributed by atoms with E-state index in [-0.39, 0.29) is 12.2 Å². The third-order valence-corrected chi connectivity index (χ3v) is 5.66. The molecule has 170 valence electrons. The van der Waals surface area contributed by atoms with Gasteiger partial charge in [-0.05, 0) is 54.8 Å². The fourth-order valence-electron chi connectivity index (χ4n) is 3.80. The Morgan fingerprint density at radius 3 is 2.47 bits per heavy atom. The number of fused-ring (bicyclic) bond motifs is 1. The van der Waals surface area contributed by atoms with Crippen LogP contribution in [0.15, 0.2) is 59.9 Å². The van der Waals surface area contributed by atoms with Gasteiger partial charge in [0.2, 0.25) is 0 Å². The van der Waals surface area contributed by atoms with Crippen molar-refractivity contribution in [2.75, 3.05) is 6.61 Å². The van der Waals surface area contributed by atoms with Crippen LogP contribution >= 0.6 is 0 Å². The number of carboxylic acid groups (broad SMARTS) is 1. The molecule has 0 bridgehead atoms. The molecule has 0 unspecified atom stereocenters. The van der Waals surface area contributed by atoms with Crippen molar-refractivity contribution < 1.29 is 19.8 Å². The van der Waals surface area contributed by atoms with Gasteiger partial charge in [0.25, 0.3) is 0 Å². The Morgan fingerprint density at radius 2 is 1.75 bits per heavy atom. The molecule has 1 aromatic heterocycles. The Hall–Kier alpha value is -3.28. The molecule has 0 aliphatic carbocycles. The molecule has 2 aromatic carbocycles. The number of carbonyl (C=O) groups is 1. The highest BCUT2D eigenvalue weighted by Crippen LogP contribution is 2.19. The highest BCUT2D eigenvalue weighted by atomic mass is 16.5. The molecule has 2 N–H and O–H groups in total. The molecule has 6 heteroatoms. The van der Waals surface area contributed by atoms with Gasteiger partial charge in [0.15, 0.2) is 0 Å². The van der Waals surface area contributed by atoms with E-state index in [1.54, 1.807) is 18.2 Å². The minimum Gasteiger partial charge on any atom is -0.487 e. The van der Waals surface area contributed by atoms with E-state index in [4.69, 9.17) is 9.84 Å². The van der Waals surface area contributed by atoms with Crippen LogP contribution in [0.2, 0.25) is 0 Å². The first-order valence-corrected chi connectivity index (χ1v) is 11.3. The monoisotopic (exact) mass is 436 g/mol. The van der Waals surface area contributed by atoms with Crippen LogP contribution in [0, 0.1) is 0 Å². The highest BCUT2D eigenvalue weighted by molar-refractivity contribution is 5.94. The number of ether oxygens (including phenoxy) is 1. The SMILES string of the molecule is CCCCCCCCc1ccc(OC/C(Cn2ccc3cc(C(=O)O)ccc32)=N\O)cc1. The fourth-order valence-corrected chi connectivity index (χ4v) is 3.80. The summed E-state index contributed by atoms with van der Waals surface area (Å²) in [5.74, 6) is -0.218. The number of aromatic carboxylic acids is 1. The van der Waals surface area contributed by atoms with Crippen LogP contribution in [0.4, 0.5) is 0 Å². The summed E-state index contributed by atoms with van der Waals surface area (Å²) in [7, 11) is 0. The van der Waals surface area contributed by atoms with Crippen molar-refractivity contribution in [3.8, 4) is 5.75 Å². The molecular formula is C26H32N2O4. The molecule has 0 saturated heterocycles. The Balaban J connectivity index is 1.49. The number of unbranched alkanes of at least 4 members (excludes halogenated alkanes) is 5. The number of hydrogen-bond acceptors (Lipinski definition) is 4. The van der Waals surface area contributed by atoms with Gasteiger partial charge in [-0.15, -0.1) is 0 Å². The van der Waals surface area contributed by atoms with Crippen molar-refractivity contribution >= 4 is 22.6 Å². The molecular weight excluding hydrogens is 404 g/mol. The number of hydrogen-bond donors (Lipinski definition) is 2. The highest BCUT2D eigenvalue weighted by Gasteiger charge is 2.10. The second-order valence-electron chi connectivity index (χ2n) is 8.14. The van der Waals surface area contributed by atoms with Crippen LogP contribution < -0.4 is 4.74 Å². The zero-order valence-corrected chi connectivity index (χ0v) is 18.7. The minimum atomic E-state index is -0.955. The molecule has 0 aliphatic rings. The van der Waals surface area contributed by atoms with E-state index in [1.807, 2.05) is 29.0 Å². The average molecular weight is 437 g/mol. The maximum absolute atomic E-state index is 11.1. The standard InChI is InChI=1S/C26H32N2O4/c1-2-3-4-5-6-7-8-20-9-12-24(13-10-20)32-19-23(27-31)18-28-16-15-21-17-22(26(29)30)11-14-25(21)28/h9-17,31H,2-8,18-19H2,1H3,(H,29,30)/b27-23-. The maximum Gasteiger partial charge on any atom is 0.335 e. The predicted octanol–water partition coefficient (Wildman–Crippen LogP) is 6.15. The average Bonchev–Trinajstić information content (AvgIpc) is 3.21. The van der Waals surface area contributed by atoms with Crippen LogP contribution in [0.3, 0.4) is 0 Å². The molecule has 0 saturated carbocycles. The third kappa shape index (κ3) is 6.61. The second-order valence-corrected chi connectivity index (χ2v) is 8.14. The summed E-state index contributed by atoms with van der Waals surface area (Å²) in [5, 5.41) is 22.8. The second kappa shape index (κ2) is 11.9. The minimum absolute atomic E-state index is 0.167. The summed E-state index contributed by atoms with van der Waals surface area (Å²) in [6, 6.07) is 14.9. The quantitative estimate of drug-likeness (QED) is 0.146. The van der Waals surface area contributed by atoms with Gasteiger partial charge in [-0.2, -0.15) is 0 Å². The number of oxime groups is 1. The third-order valence-electron chi connectivity index (χ3n) is 5.66. The Labute approximate surface area is 189 Å². The van der Waals surface area contributed by atoms with Crippen LogP contribution in [0.25, 0.3) is 10.9 Å². The zero-order valence-electron chi connectivity index (χ0n) is 18.7. The molecule has 0 radical (unpaired) electrons. The van der Waals surface area contributed by atoms with Crippen LogP contribution in [0.5, 0.6) is 5.75 Å². The van der Waals surface area contributed by atoms with Gasteiger partial charge in [0, 0.05) is 17.1 Å². The molecule has 32 heavy (non-hydrogen) atoms. The number of benzene rings is 2. The number of rotatable bonds is 13. The van der Waals surface area contributed by atoms with E-state index in [9.17, 15) is 10.0 Å². The van der Waals surface area contributed by atoms with Crippen LogP contribution in [-0.2, 0) is 13.0 Å². The van der Waals surface area contributed by atoms with E-state index >= 15 is 0 Å². The predicted molar refractivity (Wildman–Crippen MR) is 127 cm³/mol. The lowest BCUT2D eigenvalue weighted by Gasteiger charge is -2.10. The lowest BCUT2D eigenvalue weighted by atomic mass is 10.0. The number of aryl methyl sites for hydroxylation is 1. The molecule has 3 rings (SSSR count). The summed E-state index contributed by atoms with van der Waals surface area (Å²) in [6.45, 7) is 2.75. The first-order valence-electron chi connectivity index (χ1n) is 11.3. The van der Waals surface area contributed by atoms with Crippen molar-refractivity contribution in [1.82, 2.24) is 4.57 Å². The first-order chi connectivity index (χ1) is 15.6. The number of carboxylic acids is 1. The van der Waals surface area contributed by atoms with Gasteiger partial charge in [0.05, 0.1) is 12.1 Å². The molecule has 0 fully saturated rings. The largest absolute Gasteiger partial charge is 0.487 e. The Bertz CT molecular complexity index is 1040. The van der Waals surface area contributed by atoms with E-state index in [0.717, 1.165) is 23.1 Å². The molecule has 3 aromatic rings. The lowest BCUT2D eigenvalue weighted by molar-refractivity contribution is 0.0697. The molecule has 0 amide bonds. The summed E-state index contributed by atoms with van der Waals surface area (Å²) < 4.78 is 7.72. The number of aromatic nitrogens is 1. The van der Waals surface area contributed by atoms with Gasteiger partial charge in [-0.3, -0.25) is 0 Å². The lowest BCUT2D eigenvalue weighted by Crippen LogP contribution is -2.18. The van der Waals surface area contributed by atoms with E-state index in [1.165, 1.54) is 44.1 Å². The van der Waals surface area contributed by atoms with E-state index in [2.05, 4.69) is 24.2 Å². The van der Waals surface area contributed by atoms with Crippen molar-refractivity contribution in [3.63, 3.8) is 0 Å². The maximum atomic E-state index is 11.1. The van der Waals surface area contributed by atoms with Crippen molar-refractivity contribution in [1.29, 1.82) is 0 Å². The first kappa shape index (κ1) is 23.4. The topological polar surface area (TPSA) is 84.0 Å². The normalized spacial score (nSPS) is 11.7. The van der Waals surface area contributed by atoms with Crippen LogP contribution in [-0.4, -0.2) is 33.2 Å². The van der Waals surface area contributed by atoms with Gasteiger partial charge in [-0.1, -0.05) is 56.3 Å². The van der Waals surface area contributed by atoms with Crippen LogP contribution in [0.1, 0.15) is 61.4 Å².